The van der Waals surface area contributed by atoms with Crippen molar-refractivity contribution in [3.63, 3.8) is 0 Å². The Balaban J connectivity index is 1.66. The zero-order valence-corrected chi connectivity index (χ0v) is 14.6. The van der Waals surface area contributed by atoms with Crippen LogP contribution in [0.4, 0.5) is 9.93 Å². The van der Waals surface area contributed by atoms with Gasteiger partial charge in [0.25, 0.3) is 5.91 Å². The first-order valence-corrected chi connectivity index (χ1v) is 8.45. The maximum Gasteiger partial charge on any atom is 0.410 e. The van der Waals surface area contributed by atoms with Crippen LogP contribution in [0, 0.1) is 0 Å². The second kappa shape index (κ2) is 6.27. The van der Waals surface area contributed by atoms with E-state index in [9.17, 15) is 9.59 Å². The van der Waals surface area contributed by atoms with E-state index in [0.29, 0.717) is 24.6 Å². The molecule has 2 aromatic heterocycles. The molecule has 24 heavy (non-hydrogen) atoms. The second-order valence-electron chi connectivity index (χ2n) is 6.47. The molecule has 0 aliphatic carbocycles. The van der Waals surface area contributed by atoms with E-state index in [-0.39, 0.29) is 17.8 Å². The van der Waals surface area contributed by atoms with Gasteiger partial charge in [0.2, 0.25) is 0 Å². The topological polar surface area (TPSA) is 84.7 Å². The average molecular weight is 349 g/mol. The van der Waals surface area contributed by atoms with Crippen molar-refractivity contribution in [1.82, 2.24) is 9.88 Å². The summed E-state index contributed by atoms with van der Waals surface area (Å²) in [7, 11) is 0. The number of carbonyl (C=O) groups excluding carboxylic acids is 2. The molecule has 0 radical (unpaired) electrons. The van der Waals surface area contributed by atoms with Crippen molar-refractivity contribution in [3.05, 3.63) is 34.7 Å². The predicted molar refractivity (Wildman–Crippen MR) is 89.1 cm³/mol. The highest BCUT2D eigenvalue weighted by molar-refractivity contribution is 7.15. The Bertz CT molecular complexity index is 746. The van der Waals surface area contributed by atoms with Crippen molar-refractivity contribution in [3.8, 4) is 0 Å². The Labute approximate surface area is 143 Å². The van der Waals surface area contributed by atoms with E-state index >= 15 is 0 Å². The van der Waals surface area contributed by atoms with Crippen LogP contribution in [0.3, 0.4) is 0 Å². The second-order valence-corrected chi connectivity index (χ2v) is 7.56. The molecule has 8 heteroatoms. The normalized spacial score (nSPS) is 14.2. The molecule has 3 rings (SSSR count). The number of nitrogens with one attached hydrogen (secondary N) is 1. The lowest BCUT2D eigenvalue weighted by atomic mass is 10.2. The molecular weight excluding hydrogens is 330 g/mol. The lowest BCUT2D eigenvalue weighted by molar-refractivity contribution is 0.0225. The number of hydrogen-bond acceptors (Lipinski definition) is 6. The highest BCUT2D eigenvalue weighted by atomic mass is 32.1. The lowest BCUT2D eigenvalue weighted by Crippen LogP contribution is -2.39. The smallest absolute Gasteiger partial charge is 0.410 e. The van der Waals surface area contributed by atoms with Crippen molar-refractivity contribution in [1.29, 1.82) is 0 Å². The number of carbonyl (C=O) groups is 2. The summed E-state index contributed by atoms with van der Waals surface area (Å²) >= 11 is 1.37. The summed E-state index contributed by atoms with van der Waals surface area (Å²) in [6.45, 7) is 6.52. The molecule has 3 heterocycles. The van der Waals surface area contributed by atoms with E-state index < -0.39 is 5.60 Å². The van der Waals surface area contributed by atoms with Gasteiger partial charge in [-0.3, -0.25) is 10.1 Å². The van der Waals surface area contributed by atoms with E-state index in [1.807, 2.05) is 20.8 Å². The molecule has 0 spiro atoms. The van der Waals surface area contributed by atoms with E-state index in [2.05, 4.69) is 10.3 Å². The van der Waals surface area contributed by atoms with E-state index in [4.69, 9.17) is 9.15 Å². The monoisotopic (exact) mass is 349 g/mol. The summed E-state index contributed by atoms with van der Waals surface area (Å²) in [5.41, 5.74) is 0.391. The maximum absolute atomic E-state index is 12.2. The van der Waals surface area contributed by atoms with E-state index in [0.717, 1.165) is 10.6 Å². The third-order valence-corrected chi connectivity index (χ3v) is 4.35. The average Bonchev–Trinajstić information content (AvgIpc) is 3.13. The third kappa shape index (κ3) is 3.76. The fourth-order valence-corrected chi connectivity index (χ4v) is 3.32. The summed E-state index contributed by atoms with van der Waals surface area (Å²) in [5.74, 6) is -0.103. The first-order chi connectivity index (χ1) is 11.3. The Morgan fingerprint density at radius 2 is 2.21 bits per heavy atom. The molecule has 128 valence electrons. The van der Waals surface area contributed by atoms with Gasteiger partial charge in [0.05, 0.1) is 18.5 Å². The highest BCUT2D eigenvalue weighted by Gasteiger charge is 2.28. The number of fused-ring (bicyclic) bond motifs is 1. The maximum atomic E-state index is 12.2. The van der Waals surface area contributed by atoms with Crippen LogP contribution in [0.1, 0.15) is 41.9 Å². The SMILES string of the molecule is CC(C)(C)OC(=O)N1CCc2nc(NC(=O)c3ccco3)sc2C1. The molecular formula is C16H19N3O4S. The van der Waals surface area contributed by atoms with Crippen LogP contribution in [0.15, 0.2) is 22.8 Å². The van der Waals surface area contributed by atoms with Crippen molar-refractivity contribution < 1.29 is 18.7 Å². The van der Waals surface area contributed by atoms with Gasteiger partial charge in [-0.1, -0.05) is 11.3 Å². The Hall–Kier alpha value is -2.35. The molecule has 0 atom stereocenters. The van der Waals surface area contributed by atoms with Crippen molar-refractivity contribution in [2.24, 2.45) is 0 Å². The van der Waals surface area contributed by atoms with Crippen LogP contribution in [0.5, 0.6) is 0 Å². The van der Waals surface area contributed by atoms with Crippen molar-refractivity contribution in [2.75, 3.05) is 11.9 Å². The minimum atomic E-state index is -0.521. The Morgan fingerprint density at radius 1 is 1.42 bits per heavy atom. The number of aromatic nitrogens is 1. The first-order valence-electron chi connectivity index (χ1n) is 7.63. The number of nitrogens with zero attached hydrogens (tertiary/aromatic N) is 2. The Kier molecular flexibility index (Phi) is 4.31. The molecule has 0 aromatic carbocycles. The summed E-state index contributed by atoms with van der Waals surface area (Å²) in [5, 5.41) is 3.23. The minimum absolute atomic E-state index is 0.235. The molecule has 7 nitrogen and oxygen atoms in total. The quantitative estimate of drug-likeness (QED) is 0.899. The van der Waals surface area contributed by atoms with Crippen LogP contribution in [0.2, 0.25) is 0 Å². The summed E-state index contributed by atoms with van der Waals surface area (Å²) < 4.78 is 10.5. The van der Waals surface area contributed by atoms with Crippen molar-refractivity contribution >= 4 is 28.5 Å². The fourth-order valence-electron chi connectivity index (χ4n) is 2.30. The summed E-state index contributed by atoms with van der Waals surface area (Å²) in [6.07, 6.45) is 1.75. The minimum Gasteiger partial charge on any atom is -0.459 e. The van der Waals surface area contributed by atoms with E-state index in [1.54, 1.807) is 17.0 Å². The van der Waals surface area contributed by atoms with Crippen molar-refractivity contribution in [2.45, 2.75) is 39.3 Å². The van der Waals surface area contributed by atoms with Gasteiger partial charge < -0.3 is 14.1 Å². The fraction of sp³-hybridized carbons (Fsp3) is 0.438. The number of rotatable bonds is 2. The van der Waals surface area contributed by atoms with Gasteiger partial charge in [0.1, 0.15) is 5.60 Å². The van der Waals surface area contributed by atoms with Gasteiger partial charge in [-0.2, -0.15) is 0 Å². The number of thiazole rings is 1. The van der Waals surface area contributed by atoms with Crippen LogP contribution in [-0.2, 0) is 17.7 Å². The Morgan fingerprint density at radius 3 is 2.88 bits per heavy atom. The molecule has 1 aliphatic heterocycles. The van der Waals surface area contributed by atoms with Gasteiger partial charge in [-0.15, -0.1) is 0 Å². The highest BCUT2D eigenvalue weighted by Crippen LogP contribution is 2.29. The molecule has 0 saturated heterocycles. The zero-order valence-electron chi connectivity index (χ0n) is 13.8. The van der Waals surface area contributed by atoms with Gasteiger partial charge in [-0.05, 0) is 32.9 Å². The molecule has 1 aliphatic rings. The van der Waals surface area contributed by atoms with Crippen LogP contribution in [0.25, 0.3) is 0 Å². The standard InChI is InChI=1S/C16H19N3O4S/c1-16(2,3)23-15(21)19-7-6-10-12(9-19)24-14(17-10)18-13(20)11-5-4-8-22-11/h4-5,8H,6-7,9H2,1-3H3,(H,17,18,20). The van der Waals surface area contributed by atoms with Crippen LogP contribution in [-0.4, -0.2) is 34.0 Å². The van der Waals surface area contributed by atoms with Gasteiger partial charge in [0.15, 0.2) is 10.9 Å². The number of ether oxygens (including phenoxy) is 1. The van der Waals surface area contributed by atoms with Crippen LogP contribution >= 0.6 is 11.3 Å². The van der Waals surface area contributed by atoms with Gasteiger partial charge in [-0.25, -0.2) is 9.78 Å². The molecule has 2 aromatic rings. The van der Waals surface area contributed by atoms with Gasteiger partial charge >= 0.3 is 6.09 Å². The molecule has 0 saturated carbocycles. The van der Waals surface area contributed by atoms with Gasteiger partial charge in [0, 0.05) is 17.8 Å². The third-order valence-electron chi connectivity index (χ3n) is 3.35. The molecule has 0 fully saturated rings. The molecule has 1 N–H and O–H groups in total. The number of furan rings is 1. The number of anilines is 1. The molecule has 2 amide bonds. The van der Waals surface area contributed by atoms with Crippen LogP contribution < -0.4 is 5.32 Å². The lowest BCUT2D eigenvalue weighted by Gasteiger charge is -2.29. The molecule has 0 bridgehead atoms. The predicted octanol–water partition coefficient (Wildman–Crippen LogP) is 3.28. The summed E-state index contributed by atoms with van der Waals surface area (Å²) in [6, 6.07) is 3.24. The summed E-state index contributed by atoms with van der Waals surface area (Å²) in [4.78, 5) is 31.2. The number of amides is 2. The van der Waals surface area contributed by atoms with E-state index in [1.165, 1.54) is 17.6 Å². The number of hydrogen-bond donors (Lipinski definition) is 1. The largest absolute Gasteiger partial charge is 0.459 e. The molecule has 0 unspecified atom stereocenters. The zero-order chi connectivity index (χ0) is 17.3. The first kappa shape index (κ1) is 16.5.